The second kappa shape index (κ2) is 8.20. The van der Waals surface area contributed by atoms with Gasteiger partial charge >= 0.3 is 0 Å². The van der Waals surface area contributed by atoms with Gasteiger partial charge in [0, 0.05) is 16.0 Å². The summed E-state index contributed by atoms with van der Waals surface area (Å²) in [5.74, 6) is 0.129. The molecule has 0 fully saturated rings. The van der Waals surface area contributed by atoms with Crippen molar-refractivity contribution in [3.63, 3.8) is 0 Å². The minimum atomic E-state index is -0.948. The average molecular weight is 448 g/mol. The van der Waals surface area contributed by atoms with E-state index in [-0.39, 0.29) is 19.1 Å². The number of benzene rings is 2. The first kappa shape index (κ1) is 20.9. The van der Waals surface area contributed by atoms with Crippen molar-refractivity contribution in [1.82, 2.24) is 0 Å². The van der Waals surface area contributed by atoms with Crippen molar-refractivity contribution in [2.45, 2.75) is 30.8 Å². The zero-order chi connectivity index (χ0) is 22.3. The molecule has 0 radical (unpaired) electrons. The summed E-state index contributed by atoms with van der Waals surface area (Å²) in [6.45, 7) is 1.74. The number of rotatable bonds is 7. The number of hydrogen-bond donors (Lipinski definition) is 3. The molecule has 5 rings (SSSR count). The lowest BCUT2D eigenvalue weighted by Crippen LogP contribution is -2.37. The summed E-state index contributed by atoms with van der Waals surface area (Å²) in [7, 11) is 0. The first-order valence-corrected chi connectivity index (χ1v) is 11.6. The lowest BCUT2D eigenvalue weighted by molar-refractivity contribution is -0.118. The number of nitrogens with one attached hydrogen (secondary N) is 1. The van der Waals surface area contributed by atoms with Crippen molar-refractivity contribution >= 4 is 29.0 Å². The van der Waals surface area contributed by atoms with Gasteiger partial charge in [0.05, 0.1) is 12.5 Å². The van der Waals surface area contributed by atoms with Gasteiger partial charge in [-0.05, 0) is 65.2 Å². The molecule has 1 aliphatic carbocycles. The Labute approximate surface area is 191 Å². The Kier molecular flexibility index (Phi) is 5.37. The van der Waals surface area contributed by atoms with Gasteiger partial charge in [0.15, 0.2) is 0 Å². The highest BCUT2D eigenvalue weighted by Crippen LogP contribution is 2.53. The van der Waals surface area contributed by atoms with Crippen LogP contribution in [0.25, 0.3) is 6.08 Å². The van der Waals surface area contributed by atoms with Crippen LogP contribution in [0.5, 0.6) is 5.75 Å². The summed E-state index contributed by atoms with van der Waals surface area (Å²) in [4.78, 5) is 14.7. The minimum Gasteiger partial charge on any atom is -0.491 e. The van der Waals surface area contributed by atoms with Crippen LogP contribution in [-0.4, -0.2) is 35.4 Å². The lowest BCUT2D eigenvalue weighted by Gasteiger charge is -2.34. The highest BCUT2D eigenvalue weighted by Gasteiger charge is 2.50. The van der Waals surface area contributed by atoms with Crippen LogP contribution in [0.15, 0.2) is 60.0 Å². The van der Waals surface area contributed by atoms with Crippen LogP contribution in [0.1, 0.15) is 33.0 Å². The topological polar surface area (TPSA) is 78.8 Å². The number of carbonyl (C=O) groups excluding carboxylic acids is 1. The van der Waals surface area contributed by atoms with Gasteiger partial charge in [-0.25, -0.2) is 0 Å². The van der Waals surface area contributed by atoms with Crippen LogP contribution in [-0.2, 0) is 16.6 Å². The summed E-state index contributed by atoms with van der Waals surface area (Å²) < 4.78 is 5.69. The van der Waals surface area contributed by atoms with Crippen molar-refractivity contribution in [2.24, 2.45) is 0 Å². The molecule has 3 atom stereocenters. The third kappa shape index (κ3) is 3.45. The maximum absolute atomic E-state index is 13.4. The molecular weight excluding hydrogens is 422 g/mol. The number of aryl methyl sites for hydroxylation is 1. The van der Waals surface area contributed by atoms with E-state index in [2.05, 4.69) is 48.0 Å². The predicted octanol–water partition coefficient (Wildman–Crippen LogP) is 4.03. The molecule has 1 amide bonds. The van der Waals surface area contributed by atoms with Gasteiger partial charge in [0.2, 0.25) is 5.91 Å². The number of fused-ring (bicyclic) bond motifs is 2. The van der Waals surface area contributed by atoms with E-state index in [4.69, 9.17) is 9.84 Å². The number of aliphatic hydroxyl groups excluding tert-OH is 2. The zero-order valence-electron chi connectivity index (χ0n) is 17.7. The molecule has 2 aromatic carbocycles. The lowest BCUT2D eigenvalue weighted by atomic mass is 9.67. The number of amides is 1. The molecule has 32 heavy (non-hydrogen) atoms. The predicted molar refractivity (Wildman–Crippen MR) is 126 cm³/mol. The fourth-order valence-corrected chi connectivity index (χ4v) is 5.85. The summed E-state index contributed by atoms with van der Waals surface area (Å²) in [6, 6.07) is 15.9. The fourth-order valence-electron chi connectivity index (χ4n) is 4.84. The first-order valence-electron chi connectivity index (χ1n) is 10.7. The summed E-state index contributed by atoms with van der Waals surface area (Å²) in [6.07, 6.45) is 4.10. The number of anilines is 1. The molecule has 0 spiro atoms. The van der Waals surface area contributed by atoms with Gasteiger partial charge < -0.3 is 20.3 Å². The largest absolute Gasteiger partial charge is 0.491 e. The third-order valence-electron chi connectivity index (χ3n) is 6.47. The molecule has 1 aliphatic heterocycles. The van der Waals surface area contributed by atoms with Gasteiger partial charge in [0.1, 0.15) is 18.5 Å². The molecule has 2 aliphatic rings. The molecule has 6 heteroatoms. The van der Waals surface area contributed by atoms with Crippen LogP contribution in [0.4, 0.5) is 5.69 Å². The quantitative estimate of drug-likeness (QED) is 0.511. The molecular formula is C26H25NO4S. The Morgan fingerprint density at radius 2 is 2.06 bits per heavy atom. The molecule has 3 aromatic rings. The van der Waals surface area contributed by atoms with Crippen LogP contribution < -0.4 is 10.1 Å². The van der Waals surface area contributed by atoms with E-state index in [1.165, 1.54) is 10.4 Å². The monoisotopic (exact) mass is 447 g/mol. The van der Waals surface area contributed by atoms with Crippen LogP contribution >= 0.6 is 11.3 Å². The molecule has 164 valence electrons. The van der Waals surface area contributed by atoms with E-state index >= 15 is 0 Å². The Hall–Kier alpha value is -2.93. The van der Waals surface area contributed by atoms with E-state index in [0.29, 0.717) is 5.75 Å². The van der Waals surface area contributed by atoms with E-state index in [0.717, 1.165) is 28.8 Å². The molecule has 3 N–H and O–H groups in total. The van der Waals surface area contributed by atoms with E-state index < -0.39 is 17.4 Å². The van der Waals surface area contributed by atoms with Gasteiger partial charge in [-0.3, -0.25) is 4.79 Å². The molecule has 0 saturated heterocycles. The first-order chi connectivity index (χ1) is 15.5. The van der Waals surface area contributed by atoms with Crippen LogP contribution in [0.2, 0.25) is 0 Å². The van der Waals surface area contributed by atoms with Crippen molar-refractivity contribution in [1.29, 1.82) is 0 Å². The van der Waals surface area contributed by atoms with Crippen molar-refractivity contribution < 1.29 is 19.7 Å². The fraction of sp³-hybridized carbons (Fsp3) is 0.269. The Bertz CT molecular complexity index is 1200. The molecule has 2 heterocycles. The Balaban J connectivity index is 1.60. The maximum Gasteiger partial charge on any atom is 0.233 e. The van der Waals surface area contributed by atoms with E-state index in [1.807, 2.05) is 24.3 Å². The number of thiophene rings is 1. The molecule has 5 nitrogen and oxygen atoms in total. The maximum atomic E-state index is 13.4. The number of ether oxygens (including phenoxy) is 1. The van der Waals surface area contributed by atoms with Gasteiger partial charge in [0.25, 0.3) is 0 Å². The number of aliphatic hydroxyl groups is 2. The van der Waals surface area contributed by atoms with Crippen molar-refractivity contribution in [3.8, 4) is 5.75 Å². The Morgan fingerprint density at radius 3 is 2.84 bits per heavy atom. The average Bonchev–Trinajstić information content (AvgIpc) is 3.47. The van der Waals surface area contributed by atoms with E-state index in [1.54, 1.807) is 17.4 Å². The third-order valence-corrected chi connectivity index (χ3v) is 7.49. The van der Waals surface area contributed by atoms with Gasteiger partial charge in [-0.15, -0.1) is 11.3 Å². The molecule has 1 aromatic heterocycles. The second-order valence-electron chi connectivity index (χ2n) is 8.48. The highest BCUT2D eigenvalue weighted by atomic mass is 32.1. The standard InChI is InChI=1S/C26H25NO4S/c1-16-9-11-32-23(16)13-26(10-8-17-4-2-3-5-21(17)26)24-20-12-19(31-15-18(29)14-28)6-7-22(20)27-25(24)30/h2-12,18,24,28-29H,13-15H2,1H3,(H,27,30). The van der Waals surface area contributed by atoms with Crippen LogP contribution in [0.3, 0.4) is 0 Å². The molecule has 0 bridgehead atoms. The smallest absolute Gasteiger partial charge is 0.233 e. The van der Waals surface area contributed by atoms with Crippen molar-refractivity contribution in [3.05, 3.63) is 87.1 Å². The molecule has 0 saturated carbocycles. The summed E-state index contributed by atoms with van der Waals surface area (Å²) in [5.41, 5.74) is 4.70. The Morgan fingerprint density at radius 1 is 1.22 bits per heavy atom. The van der Waals surface area contributed by atoms with Crippen molar-refractivity contribution in [2.75, 3.05) is 18.5 Å². The summed E-state index contributed by atoms with van der Waals surface area (Å²) >= 11 is 1.73. The SMILES string of the molecule is Cc1ccsc1CC1(C2C(=O)Nc3ccc(OCC(O)CO)cc32)C=Cc2ccccc21. The molecule has 3 unspecified atom stereocenters. The van der Waals surface area contributed by atoms with Gasteiger partial charge in [-0.1, -0.05) is 36.4 Å². The minimum absolute atomic E-state index is 0.0103. The number of hydrogen-bond acceptors (Lipinski definition) is 5. The van der Waals surface area contributed by atoms with E-state index in [9.17, 15) is 9.90 Å². The second-order valence-corrected chi connectivity index (χ2v) is 9.48. The summed E-state index contributed by atoms with van der Waals surface area (Å²) in [5, 5.41) is 23.9. The zero-order valence-corrected chi connectivity index (χ0v) is 18.6. The van der Waals surface area contributed by atoms with Gasteiger partial charge in [-0.2, -0.15) is 0 Å². The highest BCUT2D eigenvalue weighted by molar-refractivity contribution is 7.10. The normalized spacial score (nSPS) is 21.8. The number of allylic oxidation sites excluding steroid dienone is 1. The van der Waals surface area contributed by atoms with Crippen LogP contribution in [0, 0.1) is 6.92 Å². The number of carbonyl (C=O) groups is 1.